The summed E-state index contributed by atoms with van der Waals surface area (Å²) in [5, 5.41) is 3.66. The first kappa shape index (κ1) is 14.0. The van der Waals surface area contributed by atoms with E-state index in [-0.39, 0.29) is 0 Å². The van der Waals surface area contributed by atoms with Crippen molar-refractivity contribution in [1.29, 1.82) is 0 Å². The van der Waals surface area contributed by atoms with E-state index in [2.05, 4.69) is 36.0 Å². The predicted octanol–water partition coefficient (Wildman–Crippen LogP) is 2.80. The Labute approximate surface area is 115 Å². The normalized spacial score (nSPS) is 25.5. The Morgan fingerprint density at radius 1 is 1.56 bits per heavy atom. The van der Waals surface area contributed by atoms with Crippen LogP contribution in [0.25, 0.3) is 0 Å². The van der Waals surface area contributed by atoms with Gasteiger partial charge in [0.25, 0.3) is 0 Å². The molecule has 0 amide bonds. The van der Waals surface area contributed by atoms with Crippen LogP contribution in [0.4, 0.5) is 0 Å². The van der Waals surface area contributed by atoms with Gasteiger partial charge in [-0.1, -0.05) is 6.92 Å². The van der Waals surface area contributed by atoms with E-state index in [1.165, 1.54) is 36.4 Å². The Bertz CT molecular complexity index is 364. The zero-order chi connectivity index (χ0) is 13.0. The minimum Gasteiger partial charge on any atom is -0.314 e. The number of aromatic nitrogens is 1. The first-order valence-electron chi connectivity index (χ1n) is 7.07. The Morgan fingerprint density at radius 3 is 3.00 bits per heavy atom. The highest BCUT2D eigenvalue weighted by Crippen LogP contribution is 2.22. The third kappa shape index (κ3) is 3.53. The van der Waals surface area contributed by atoms with Crippen molar-refractivity contribution in [3.05, 3.63) is 16.1 Å². The van der Waals surface area contributed by atoms with Gasteiger partial charge in [-0.3, -0.25) is 4.90 Å². The number of aryl methyl sites for hydroxylation is 1. The number of piperidine rings is 1. The maximum Gasteiger partial charge on any atom is 0.0798 e. The molecule has 3 nitrogen and oxygen atoms in total. The smallest absolute Gasteiger partial charge is 0.0798 e. The lowest BCUT2D eigenvalue weighted by atomic mass is 9.98. The number of hydrogen-bond donors (Lipinski definition) is 1. The van der Waals surface area contributed by atoms with E-state index in [0.29, 0.717) is 6.04 Å². The summed E-state index contributed by atoms with van der Waals surface area (Å²) in [6.07, 6.45) is 3.79. The lowest BCUT2D eigenvalue weighted by Crippen LogP contribution is -2.47. The highest BCUT2D eigenvalue weighted by Gasteiger charge is 2.25. The van der Waals surface area contributed by atoms with Crippen molar-refractivity contribution in [2.75, 3.05) is 13.1 Å². The molecule has 0 aliphatic carbocycles. The van der Waals surface area contributed by atoms with Gasteiger partial charge in [0.2, 0.25) is 0 Å². The molecule has 18 heavy (non-hydrogen) atoms. The molecule has 1 aromatic rings. The zero-order valence-corrected chi connectivity index (χ0v) is 12.6. The molecule has 1 N–H and O–H groups in total. The van der Waals surface area contributed by atoms with Gasteiger partial charge in [0, 0.05) is 30.1 Å². The minimum atomic E-state index is 0.676. The van der Waals surface area contributed by atoms with Crippen molar-refractivity contribution >= 4 is 11.3 Å². The molecule has 0 radical (unpaired) electrons. The number of nitrogens with one attached hydrogen (secondary N) is 1. The van der Waals surface area contributed by atoms with E-state index in [0.717, 1.165) is 19.1 Å². The minimum absolute atomic E-state index is 0.676. The molecule has 0 bridgehead atoms. The van der Waals surface area contributed by atoms with Crippen molar-refractivity contribution in [1.82, 2.24) is 15.2 Å². The maximum atomic E-state index is 4.34. The fraction of sp³-hybridized carbons (Fsp3) is 0.786. The van der Waals surface area contributed by atoms with Crippen molar-refractivity contribution in [2.45, 2.75) is 58.7 Å². The van der Waals surface area contributed by atoms with Gasteiger partial charge in [-0.2, -0.15) is 0 Å². The SMILES string of the molecule is CCCNC1CCN(Cc2scnc2C)C(C)C1. The average Bonchev–Trinajstić information content (AvgIpc) is 2.75. The number of likely N-dealkylation sites (tertiary alicyclic amines) is 1. The summed E-state index contributed by atoms with van der Waals surface area (Å²) in [7, 11) is 0. The molecule has 2 heterocycles. The highest BCUT2D eigenvalue weighted by atomic mass is 32.1. The molecule has 0 aromatic carbocycles. The van der Waals surface area contributed by atoms with Crippen LogP contribution in [0.2, 0.25) is 0 Å². The summed E-state index contributed by atoms with van der Waals surface area (Å²) >= 11 is 1.79. The molecular weight excluding hydrogens is 242 g/mol. The van der Waals surface area contributed by atoms with Gasteiger partial charge in [-0.15, -0.1) is 11.3 Å². The molecule has 2 unspecified atom stereocenters. The quantitative estimate of drug-likeness (QED) is 0.889. The highest BCUT2D eigenvalue weighted by molar-refractivity contribution is 7.09. The predicted molar refractivity (Wildman–Crippen MR) is 78.0 cm³/mol. The van der Waals surface area contributed by atoms with Crippen LogP contribution >= 0.6 is 11.3 Å². The Balaban J connectivity index is 1.84. The molecule has 1 aliphatic rings. The van der Waals surface area contributed by atoms with E-state index < -0.39 is 0 Å². The molecule has 1 fully saturated rings. The molecule has 1 aliphatic heterocycles. The summed E-state index contributed by atoms with van der Waals surface area (Å²) in [4.78, 5) is 8.38. The standard InChI is InChI=1S/C14H25N3S/c1-4-6-15-13-5-7-17(11(2)8-13)9-14-12(3)16-10-18-14/h10-11,13,15H,4-9H2,1-3H3. The van der Waals surface area contributed by atoms with E-state index >= 15 is 0 Å². The van der Waals surface area contributed by atoms with Gasteiger partial charge >= 0.3 is 0 Å². The van der Waals surface area contributed by atoms with Crippen LogP contribution in [-0.2, 0) is 6.54 Å². The molecule has 2 rings (SSSR count). The van der Waals surface area contributed by atoms with Crippen LogP contribution in [0.1, 0.15) is 43.7 Å². The van der Waals surface area contributed by atoms with Gasteiger partial charge in [0.05, 0.1) is 11.2 Å². The van der Waals surface area contributed by atoms with Crippen LogP contribution in [0, 0.1) is 6.92 Å². The van der Waals surface area contributed by atoms with Crippen molar-refractivity contribution in [3.8, 4) is 0 Å². The second-order valence-corrected chi connectivity index (χ2v) is 6.30. The van der Waals surface area contributed by atoms with Gasteiger partial charge in [-0.05, 0) is 39.7 Å². The van der Waals surface area contributed by atoms with Crippen molar-refractivity contribution < 1.29 is 0 Å². The van der Waals surface area contributed by atoms with Gasteiger partial charge in [-0.25, -0.2) is 4.98 Å². The lowest BCUT2D eigenvalue weighted by molar-refractivity contribution is 0.129. The number of thiazole rings is 1. The van der Waals surface area contributed by atoms with Crippen LogP contribution in [0.5, 0.6) is 0 Å². The first-order chi connectivity index (χ1) is 8.70. The van der Waals surface area contributed by atoms with Crippen LogP contribution in [-0.4, -0.2) is 35.1 Å². The Morgan fingerprint density at radius 2 is 2.39 bits per heavy atom. The molecule has 0 saturated carbocycles. The van der Waals surface area contributed by atoms with Crippen LogP contribution in [0.3, 0.4) is 0 Å². The summed E-state index contributed by atoms with van der Waals surface area (Å²) in [5.41, 5.74) is 3.17. The largest absolute Gasteiger partial charge is 0.314 e. The van der Waals surface area contributed by atoms with Gasteiger partial charge in [0.15, 0.2) is 0 Å². The van der Waals surface area contributed by atoms with E-state index in [1.54, 1.807) is 11.3 Å². The monoisotopic (exact) mass is 267 g/mol. The Kier molecular flexibility index (Phi) is 5.15. The molecule has 102 valence electrons. The number of nitrogens with zero attached hydrogens (tertiary/aromatic N) is 2. The van der Waals surface area contributed by atoms with E-state index in [4.69, 9.17) is 0 Å². The third-order valence-electron chi connectivity index (χ3n) is 3.89. The molecule has 2 atom stereocenters. The number of hydrogen-bond acceptors (Lipinski definition) is 4. The summed E-state index contributed by atoms with van der Waals surface area (Å²) < 4.78 is 0. The molecule has 1 aromatic heterocycles. The third-order valence-corrected chi connectivity index (χ3v) is 4.81. The molecular formula is C14H25N3S. The fourth-order valence-corrected chi connectivity index (χ4v) is 3.45. The van der Waals surface area contributed by atoms with Gasteiger partial charge in [0.1, 0.15) is 0 Å². The van der Waals surface area contributed by atoms with Crippen LogP contribution < -0.4 is 5.32 Å². The maximum absolute atomic E-state index is 4.34. The van der Waals surface area contributed by atoms with E-state index in [1.807, 2.05) is 5.51 Å². The number of rotatable bonds is 5. The Hall–Kier alpha value is -0.450. The fourth-order valence-electron chi connectivity index (χ4n) is 2.65. The van der Waals surface area contributed by atoms with Crippen LogP contribution in [0.15, 0.2) is 5.51 Å². The summed E-state index contributed by atoms with van der Waals surface area (Å²) in [6.45, 7) is 10.2. The lowest BCUT2D eigenvalue weighted by Gasteiger charge is -2.37. The zero-order valence-electron chi connectivity index (χ0n) is 11.8. The first-order valence-corrected chi connectivity index (χ1v) is 7.95. The second-order valence-electron chi connectivity index (χ2n) is 5.36. The average molecular weight is 267 g/mol. The summed E-state index contributed by atoms with van der Waals surface area (Å²) in [6, 6.07) is 1.40. The van der Waals surface area contributed by atoms with Gasteiger partial charge < -0.3 is 5.32 Å². The molecule has 1 saturated heterocycles. The second kappa shape index (κ2) is 6.64. The van der Waals surface area contributed by atoms with Crippen molar-refractivity contribution in [2.24, 2.45) is 0 Å². The molecule has 0 spiro atoms. The van der Waals surface area contributed by atoms with E-state index in [9.17, 15) is 0 Å². The molecule has 4 heteroatoms. The topological polar surface area (TPSA) is 28.2 Å². The summed E-state index contributed by atoms with van der Waals surface area (Å²) in [5.74, 6) is 0. The van der Waals surface area contributed by atoms with Crippen molar-refractivity contribution in [3.63, 3.8) is 0 Å².